The smallest absolute Gasteiger partial charge is 0.262 e. The van der Waals surface area contributed by atoms with Gasteiger partial charge in [-0.3, -0.25) is 9.36 Å². The van der Waals surface area contributed by atoms with Crippen LogP contribution < -0.4 is 10.3 Å². The van der Waals surface area contributed by atoms with E-state index in [4.69, 9.17) is 4.74 Å². The van der Waals surface area contributed by atoms with E-state index < -0.39 is 11.9 Å². The van der Waals surface area contributed by atoms with Crippen molar-refractivity contribution in [3.8, 4) is 16.9 Å². The Morgan fingerprint density at radius 3 is 2.66 bits per heavy atom. The van der Waals surface area contributed by atoms with E-state index in [-0.39, 0.29) is 30.3 Å². The first-order valence-corrected chi connectivity index (χ1v) is 9.69. The first-order chi connectivity index (χ1) is 14.0. The summed E-state index contributed by atoms with van der Waals surface area (Å²) in [5, 5.41) is 12.5. The van der Waals surface area contributed by atoms with Gasteiger partial charge >= 0.3 is 0 Å². The topological polar surface area (TPSA) is 64.4 Å². The quantitative estimate of drug-likeness (QED) is 0.521. The number of benzene rings is 2. The highest BCUT2D eigenvalue weighted by molar-refractivity contribution is 7.17. The molecule has 2 heterocycles. The summed E-state index contributed by atoms with van der Waals surface area (Å²) in [7, 11) is 0. The second-order valence-corrected chi connectivity index (χ2v) is 7.29. The molecule has 0 saturated carbocycles. The van der Waals surface area contributed by atoms with Crippen LogP contribution in [0.15, 0.2) is 65.0 Å². The van der Waals surface area contributed by atoms with E-state index in [1.165, 1.54) is 46.5 Å². The van der Waals surface area contributed by atoms with Crippen LogP contribution in [0.2, 0.25) is 0 Å². The van der Waals surface area contributed by atoms with E-state index in [9.17, 15) is 18.7 Å². The predicted molar refractivity (Wildman–Crippen MR) is 107 cm³/mol. The van der Waals surface area contributed by atoms with Gasteiger partial charge in [0.1, 0.15) is 23.4 Å². The van der Waals surface area contributed by atoms with E-state index in [1.54, 1.807) is 29.6 Å². The lowest BCUT2D eigenvalue weighted by atomic mass is 10.1. The monoisotopic (exact) mass is 414 g/mol. The third-order valence-electron chi connectivity index (χ3n) is 4.39. The lowest BCUT2D eigenvalue weighted by molar-refractivity contribution is 0.0895. The molecule has 2 aromatic carbocycles. The zero-order valence-corrected chi connectivity index (χ0v) is 15.9. The summed E-state index contributed by atoms with van der Waals surface area (Å²) in [6.45, 7) is -0.241. The van der Waals surface area contributed by atoms with Crippen LogP contribution in [0.1, 0.15) is 0 Å². The molecule has 0 fully saturated rings. The van der Waals surface area contributed by atoms with Crippen LogP contribution in [0.25, 0.3) is 21.3 Å². The number of hydrogen-bond acceptors (Lipinski definition) is 5. The van der Waals surface area contributed by atoms with Gasteiger partial charge in [-0.05, 0) is 29.8 Å². The Kier molecular flexibility index (Phi) is 5.37. The molecule has 0 bridgehead atoms. The summed E-state index contributed by atoms with van der Waals surface area (Å²) in [6, 6.07) is 11.8. The van der Waals surface area contributed by atoms with Crippen LogP contribution in [0.4, 0.5) is 8.78 Å². The second-order valence-electron chi connectivity index (χ2n) is 6.43. The molecular formula is C21H16F2N2O3S. The molecule has 1 N–H and O–H groups in total. The van der Waals surface area contributed by atoms with Gasteiger partial charge in [-0.1, -0.05) is 24.3 Å². The van der Waals surface area contributed by atoms with Gasteiger partial charge in [0, 0.05) is 10.9 Å². The minimum Gasteiger partial charge on any atom is -0.488 e. The van der Waals surface area contributed by atoms with Crippen molar-refractivity contribution in [2.75, 3.05) is 6.61 Å². The molecule has 29 heavy (non-hydrogen) atoms. The number of halogens is 2. The van der Waals surface area contributed by atoms with Crippen molar-refractivity contribution in [2.45, 2.75) is 12.6 Å². The van der Waals surface area contributed by atoms with E-state index in [0.717, 1.165) is 0 Å². The third kappa shape index (κ3) is 4.03. The van der Waals surface area contributed by atoms with Crippen molar-refractivity contribution in [1.29, 1.82) is 0 Å². The lowest BCUT2D eigenvalue weighted by Crippen LogP contribution is -2.30. The number of aliphatic hydroxyl groups excluding tert-OH is 1. The molecule has 0 aliphatic heterocycles. The maximum Gasteiger partial charge on any atom is 0.262 e. The Morgan fingerprint density at radius 2 is 1.90 bits per heavy atom. The SMILES string of the molecule is O=c1c2c(-c3ccc(F)cc3)csc2ncn1CC(O)COc1ccccc1F. The van der Waals surface area contributed by atoms with Gasteiger partial charge in [0.15, 0.2) is 11.6 Å². The van der Waals surface area contributed by atoms with Crippen LogP contribution in [0.5, 0.6) is 5.75 Å². The molecule has 4 rings (SSSR count). The van der Waals surface area contributed by atoms with Crippen LogP contribution in [0.3, 0.4) is 0 Å². The maximum absolute atomic E-state index is 13.6. The van der Waals surface area contributed by atoms with Crippen LogP contribution >= 0.6 is 11.3 Å². The Hall–Kier alpha value is -3.10. The van der Waals surface area contributed by atoms with Gasteiger partial charge in [0.05, 0.1) is 18.3 Å². The number of aromatic nitrogens is 2. The Labute approximate surface area is 168 Å². The molecule has 1 unspecified atom stereocenters. The number of nitrogens with zero attached hydrogens (tertiary/aromatic N) is 2. The van der Waals surface area contributed by atoms with Crippen LogP contribution in [-0.2, 0) is 6.54 Å². The largest absolute Gasteiger partial charge is 0.488 e. The van der Waals surface area contributed by atoms with Crippen molar-refractivity contribution >= 4 is 21.6 Å². The molecule has 148 valence electrons. The fourth-order valence-corrected chi connectivity index (χ4v) is 3.87. The molecule has 0 aliphatic carbocycles. The van der Waals surface area contributed by atoms with E-state index >= 15 is 0 Å². The normalized spacial score (nSPS) is 12.2. The molecule has 4 aromatic rings. The van der Waals surface area contributed by atoms with Gasteiger partial charge in [0.25, 0.3) is 5.56 Å². The molecule has 5 nitrogen and oxygen atoms in total. The molecule has 0 saturated heterocycles. The number of hydrogen-bond donors (Lipinski definition) is 1. The van der Waals surface area contributed by atoms with Gasteiger partial charge in [-0.2, -0.15) is 0 Å². The summed E-state index contributed by atoms with van der Waals surface area (Å²) in [6.07, 6.45) is 0.321. The Morgan fingerprint density at radius 1 is 1.14 bits per heavy atom. The number of fused-ring (bicyclic) bond motifs is 1. The highest BCUT2D eigenvalue weighted by Crippen LogP contribution is 2.30. The van der Waals surface area contributed by atoms with Crippen LogP contribution in [-0.4, -0.2) is 27.4 Å². The maximum atomic E-state index is 13.6. The molecular weight excluding hydrogens is 398 g/mol. The average molecular weight is 414 g/mol. The summed E-state index contributed by atoms with van der Waals surface area (Å²) < 4.78 is 33.4. The molecule has 1 atom stereocenters. The Bertz CT molecular complexity index is 1200. The summed E-state index contributed by atoms with van der Waals surface area (Å²) in [4.78, 5) is 17.8. The van der Waals surface area contributed by atoms with Gasteiger partial charge < -0.3 is 9.84 Å². The van der Waals surface area contributed by atoms with Crippen LogP contribution in [0, 0.1) is 11.6 Å². The van der Waals surface area contributed by atoms with E-state index in [1.807, 2.05) is 0 Å². The first-order valence-electron chi connectivity index (χ1n) is 8.81. The molecule has 0 spiro atoms. The highest BCUT2D eigenvalue weighted by atomic mass is 32.1. The van der Waals surface area contributed by atoms with E-state index in [0.29, 0.717) is 21.3 Å². The van der Waals surface area contributed by atoms with Gasteiger partial charge in [-0.15, -0.1) is 11.3 Å². The van der Waals surface area contributed by atoms with Crippen molar-refractivity contribution < 1.29 is 18.6 Å². The van der Waals surface area contributed by atoms with Crippen molar-refractivity contribution in [3.05, 3.63) is 82.2 Å². The van der Waals surface area contributed by atoms with Crippen molar-refractivity contribution in [2.24, 2.45) is 0 Å². The number of rotatable bonds is 6. The zero-order valence-electron chi connectivity index (χ0n) is 15.1. The highest BCUT2D eigenvalue weighted by Gasteiger charge is 2.16. The summed E-state index contributed by atoms with van der Waals surface area (Å²) in [5.74, 6) is -0.854. The average Bonchev–Trinajstić information content (AvgIpc) is 3.15. The van der Waals surface area contributed by atoms with Gasteiger partial charge in [0.2, 0.25) is 0 Å². The summed E-state index contributed by atoms with van der Waals surface area (Å²) >= 11 is 1.32. The standard InChI is InChI=1S/C21H16F2N2O3S/c22-14-7-5-13(6-8-14)16-11-29-20-19(16)21(27)25(12-24-20)9-15(26)10-28-18-4-2-1-3-17(18)23/h1-8,11-12,15,26H,9-10H2. The third-order valence-corrected chi connectivity index (χ3v) is 5.28. The Balaban J connectivity index is 1.57. The lowest BCUT2D eigenvalue weighted by Gasteiger charge is -2.14. The number of ether oxygens (including phenoxy) is 1. The summed E-state index contributed by atoms with van der Waals surface area (Å²) in [5.41, 5.74) is 1.05. The number of aliphatic hydroxyl groups is 1. The fraction of sp³-hybridized carbons (Fsp3) is 0.143. The van der Waals surface area contributed by atoms with Crippen molar-refractivity contribution in [3.63, 3.8) is 0 Å². The predicted octanol–water partition coefficient (Wildman–Crippen LogP) is 3.84. The number of thiophene rings is 1. The first kappa shape index (κ1) is 19.2. The zero-order chi connectivity index (χ0) is 20.4. The number of para-hydroxylation sites is 1. The second kappa shape index (κ2) is 8.10. The van der Waals surface area contributed by atoms with Gasteiger partial charge in [-0.25, -0.2) is 13.8 Å². The minimum absolute atomic E-state index is 0.0314. The molecule has 8 heteroatoms. The molecule has 0 radical (unpaired) electrons. The fourth-order valence-electron chi connectivity index (χ4n) is 2.97. The van der Waals surface area contributed by atoms with Crippen molar-refractivity contribution in [1.82, 2.24) is 9.55 Å². The molecule has 2 aromatic heterocycles. The molecule has 0 amide bonds. The minimum atomic E-state index is -1.04. The van der Waals surface area contributed by atoms with E-state index in [2.05, 4.69) is 4.98 Å². The molecule has 0 aliphatic rings.